The lowest BCUT2D eigenvalue weighted by Gasteiger charge is -2.41. The summed E-state index contributed by atoms with van der Waals surface area (Å²) in [6.07, 6.45) is 6.22. The highest BCUT2D eigenvalue weighted by Crippen LogP contribution is 2.39. The molecule has 1 aromatic heterocycles. The van der Waals surface area contributed by atoms with Gasteiger partial charge in [-0.2, -0.15) is 0 Å². The van der Waals surface area contributed by atoms with Gasteiger partial charge in [0.15, 0.2) is 0 Å². The summed E-state index contributed by atoms with van der Waals surface area (Å²) in [6, 6.07) is 4.13. The van der Waals surface area contributed by atoms with Crippen LogP contribution in [0.3, 0.4) is 0 Å². The van der Waals surface area contributed by atoms with Crippen LogP contribution >= 0.6 is 0 Å². The van der Waals surface area contributed by atoms with Crippen molar-refractivity contribution in [2.75, 3.05) is 6.61 Å². The van der Waals surface area contributed by atoms with Crippen molar-refractivity contribution in [1.29, 1.82) is 0 Å². The molecule has 0 fully saturated rings. The smallest absolute Gasteiger partial charge is 0.0941 e. The van der Waals surface area contributed by atoms with Crippen molar-refractivity contribution in [3.8, 4) is 0 Å². The molecule has 112 valence electrons. The molecule has 1 heterocycles. The van der Waals surface area contributed by atoms with E-state index in [4.69, 9.17) is 4.74 Å². The first-order valence-electron chi connectivity index (χ1n) is 7.94. The van der Waals surface area contributed by atoms with Gasteiger partial charge in [0.2, 0.25) is 0 Å². The predicted molar refractivity (Wildman–Crippen MR) is 80.9 cm³/mol. The number of aliphatic hydroxyl groups is 1. The van der Waals surface area contributed by atoms with E-state index in [1.54, 1.807) is 0 Å². The molecule has 20 heavy (non-hydrogen) atoms. The lowest BCUT2D eigenvalue weighted by molar-refractivity contribution is -0.135. The number of aromatic nitrogens is 1. The van der Waals surface area contributed by atoms with Crippen molar-refractivity contribution in [2.45, 2.75) is 70.5 Å². The van der Waals surface area contributed by atoms with E-state index in [2.05, 4.69) is 24.9 Å². The molecule has 3 nitrogen and oxygen atoms in total. The van der Waals surface area contributed by atoms with Gasteiger partial charge in [0, 0.05) is 24.4 Å². The minimum absolute atomic E-state index is 0.103. The normalized spacial score (nSPS) is 20.5. The third kappa shape index (κ3) is 2.75. The Hall–Kier alpha value is -0.930. The zero-order valence-corrected chi connectivity index (χ0v) is 12.9. The summed E-state index contributed by atoms with van der Waals surface area (Å²) in [5.41, 5.74) is 1.93. The highest BCUT2D eigenvalue weighted by molar-refractivity contribution is 5.27. The maximum atomic E-state index is 11.0. The molecule has 2 atom stereocenters. The van der Waals surface area contributed by atoms with Gasteiger partial charge in [0.25, 0.3) is 0 Å². The Morgan fingerprint density at radius 2 is 2.15 bits per heavy atom. The van der Waals surface area contributed by atoms with Gasteiger partial charge in [-0.1, -0.05) is 19.9 Å². The van der Waals surface area contributed by atoms with Crippen molar-refractivity contribution in [3.63, 3.8) is 0 Å². The van der Waals surface area contributed by atoms with E-state index in [-0.39, 0.29) is 5.92 Å². The molecule has 2 rings (SSSR count). The van der Waals surface area contributed by atoms with Crippen LogP contribution in [0.25, 0.3) is 0 Å². The number of ether oxygens (including phenoxy) is 1. The van der Waals surface area contributed by atoms with E-state index in [9.17, 15) is 5.11 Å². The van der Waals surface area contributed by atoms with Crippen molar-refractivity contribution < 1.29 is 9.84 Å². The van der Waals surface area contributed by atoms with Crippen molar-refractivity contribution in [2.24, 2.45) is 0 Å². The van der Waals surface area contributed by atoms with Gasteiger partial charge in [0.1, 0.15) is 0 Å². The molecule has 1 N–H and O–H groups in total. The first-order valence-corrected chi connectivity index (χ1v) is 7.94. The molecule has 0 aromatic carbocycles. The number of fused-ring (bicyclic) bond motifs is 1. The molecule has 0 spiro atoms. The van der Waals surface area contributed by atoms with E-state index in [0.717, 1.165) is 37.8 Å². The monoisotopic (exact) mass is 277 g/mol. The highest BCUT2D eigenvalue weighted by Gasteiger charge is 2.42. The molecule has 0 aliphatic heterocycles. The fourth-order valence-electron chi connectivity index (χ4n) is 3.56. The van der Waals surface area contributed by atoms with E-state index in [1.807, 2.05) is 19.2 Å². The van der Waals surface area contributed by atoms with Crippen LogP contribution in [-0.4, -0.2) is 28.4 Å². The Morgan fingerprint density at radius 1 is 1.40 bits per heavy atom. The molecule has 1 aliphatic carbocycles. The maximum absolute atomic E-state index is 11.0. The lowest BCUT2D eigenvalue weighted by Crippen LogP contribution is -2.48. The SMILES string of the molecule is CCOC(CC)(CC)C(O)C1CCCc2cccnc21. The van der Waals surface area contributed by atoms with Gasteiger partial charge in [-0.3, -0.25) is 4.98 Å². The molecule has 1 aliphatic rings. The third-order valence-electron chi connectivity index (χ3n) is 4.79. The number of nitrogens with zero attached hydrogens (tertiary/aromatic N) is 1. The summed E-state index contributed by atoms with van der Waals surface area (Å²) in [5.74, 6) is 0.103. The van der Waals surface area contributed by atoms with Crippen LogP contribution in [0.4, 0.5) is 0 Å². The Labute approximate surface area is 122 Å². The molecule has 1 aromatic rings. The third-order valence-corrected chi connectivity index (χ3v) is 4.79. The molecule has 3 heteroatoms. The van der Waals surface area contributed by atoms with Crippen LogP contribution in [0.15, 0.2) is 18.3 Å². The molecular formula is C17H27NO2. The molecule has 0 amide bonds. The van der Waals surface area contributed by atoms with Gasteiger partial charge in [0.05, 0.1) is 11.7 Å². The minimum Gasteiger partial charge on any atom is -0.389 e. The number of pyridine rings is 1. The molecular weight excluding hydrogens is 250 g/mol. The van der Waals surface area contributed by atoms with E-state index >= 15 is 0 Å². The van der Waals surface area contributed by atoms with Crippen LogP contribution < -0.4 is 0 Å². The molecule has 0 saturated heterocycles. The minimum atomic E-state index is -0.480. The number of hydrogen-bond donors (Lipinski definition) is 1. The predicted octanol–water partition coefficient (Wildman–Crippen LogP) is 3.46. The zero-order valence-electron chi connectivity index (χ0n) is 12.9. The quantitative estimate of drug-likeness (QED) is 0.866. The van der Waals surface area contributed by atoms with Gasteiger partial charge in [-0.25, -0.2) is 0 Å². The Bertz CT molecular complexity index is 429. The number of aliphatic hydroxyl groups excluding tert-OH is 1. The number of aryl methyl sites for hydroxylation is 1. The molecule has 0 radical (unpaired) electrons. The second-order valence-electron chi connectivity index (χ2n) is 5.70. The summed E-state index contributed by atoms with van der Waals surface area (Å²) >= 11 is 0. The van der Waals surface area contributed by atoms with Crippen molar-refractivity contribution >= 4 is 0 Å². The lowest BCUT2D eigenvalue weighted by atomic mass is 9.75. The topological polar surface area (TPSA) is 42.4 Å². The molecule has 0 bridgehead atoms. The zero-order chi connectivity index (χ0) is 14.6. The van der Waals surface area contributed by atoms with Crippen LogP contribution in [-0.2, 0) is 11.2 Å². The summed E-state index contributed by atoms with van der Waals surface area (Å²) in [6.45, 7) is 6.84. The largest absolute Gasteiger partial charge is 0.389 e. The highest BCUT2D eigenvalue weighted by atomic mass is 16.5. The average Bonchev–Trinajstić information content (AvgIpc) is 2.51. The standard InChI is InChI=1S/C17H27NO2/c1-4-17(5-2,20-6-3)16(19)14-11-7-9-13-10-8-12-18-15(13)14/h8,10,12,14,16,19H,4-7,9,11H2,1-3H3. The molecule has 0 saturated carbocycles. The van der Waals surface area contributed by atoms with E-state index in [0.29, 0.717) is 6.61 Å². The summed E-state index contributed by atoms with van der Waals surface area (Å²) < 4.78 is 5.98. The van der Waals surface area contributed by atoms with E-state index < -0.39 is 11.7 Å². The van der Waals surface area contributed by atoms with E-state index in [1.165, 1.54) is 5.56 Å². The second-order valence-corrected chi connectivity index (χ2v) is 5.70. The summed E-state index contributed by atoms with van der Waals surface area (Å²) in [4.78, 5) is 4.55. The summed E-state index contributed by atoms with van der Waals surface area (Å²) in [5, 5.41) is 11.0. The number of rotatable bonds is 6. The maximum Gasteiger partial charge on any atom is 0.0941 e. The van der Waals surface area contributed by atoms with Crippen LogP contribution in [0.1, 0.15) is 63.6 Å². The number of hydrogen-bond acceptors (Lipinski definition) is 3. The van der Waals surface area contributed by atoms with Gasteiger partial charge < -0.3 is 9.84 Å². The van der Waals surface area contributed by atoms with Gasteiger partial charge in [-0.05, 0) is 50.7 Å². The second kappa shape index (κ2) is 6.68. The van der Waals surface area contributed by atoms with Crippen molar-refractivity contribution in [1.82, 2.24) is 4.98 Å². The molecule has 2 unspecified atom stereocenters. The first-order chi connectivity index (χ1) is 9.68. The Morgan fingerprint density at radius 3 is 2.80 bits per heavy atom. The van der Waals surface area contributed by atoms with Crippen LogP contribution in [0.2, 0.25) is 0 Å². The van der Waals surface area contributed by atoms with Crippen molar-refractivity contribution in [3.05, 3.63) is 29.6 Å². The van der Waals surface area contributed by atoms with Gasteiger partial charge in [-0.15, -0.1) is 0 Å². The van der Waals surface area contributed by atoms with Gasteiger partial charge >= 0.3 is 0 Å². The fourth-order valence-corrected chi connectivity index (χ4v) is 3.56. The van der Waals surface area contributed by atoms with Crippen LogP contribution in [0, 0.1) is 0 Å². The Kier molecular flexibility index (Phi) is 5.17. The Balaban J connectivity index is 2.31. The average molecular weight is 277 g/mol. The fraction of sp³-hybridized carbons (Fsp3) is 0.706. The summed E-state index contributed by atoms with van der Waals surface area (Å²) in [7, 11) is 0. The first kappa shape index (κ1) is 15.5. The van der Waals surface area contributed by atoms with Crippen LogP contribution in [0.5, 0.6) is 0 Å².